The summed E-state index contributed by atoms with van der Waals surface area (Å²) in [6.07, 6.45) is 3.38. The Labute approximate surface area is 145 Å². The molecule has 0 unspecified atom stereocenters. The number of nitrogens with one attached hydrogen (secondary N) is 2. The number of hydrogen-bond acceptors (Lipinski definition) is 4. The molecule has 0 bridgehead atoms. The first-order valence-corrected chi connectivity index (χ1v) is 10.5. The van der Waals surface area contributed by atoms with Gasteiger partial charge in [-0.3, -0.25) is 9.79 Å². The van der Waals surface area contributed by atoms with Crippen molar-refractivity contribution in [2.24, 2.45) is 4.99 Å². The monoisotopic (exact) mass is 358 g/mol. The van der Waals surface area contributed by atoms with Crippen LogP contribution in [-0.2, 0) is 14.6 Å². The Morgan fingerprint density at radius 1 is 1.33 bits per heavy atom. The molecular formula is C16H30N4O3S. The Morgan fingerprint density at radius 3 is 2.62 bits per heavy atom. The van der Waals surface area contributed by atoms with Gasteiger partial charge in [0.25, 0.3) is 0 Å². The second-order valence-electron chi connectivity index (χ2n) is 7.18. The topological polar surface area (TPSA) is 90.9 Å². The highest BCUT2D eigenvalue weighted by molar-refractivity contribution is 7.92. The van der Waals surface area contributed by atoms with Gasteiger partial charge >= 0.3 is 0 Å². The molecule has 1 heterocycles. The molecule has 1 aliphatic carbocycles. The van der Waals surface area contributed by atoms with Crippen molar-refractivity contribution in [2.75, 3.05) is 31.9 Å². The molecule has 1 saturated heterocycles. The lowest BCUT2D eigenvalue weighted by Crippen LogP contribution is -2.57. The van der Waals surface area contributed by atoms with E-state index in [1.54, 1.807) is 13.8 Å². The van der Waals surface area contributed by atoms with Crippen LogP contribution in [0.4, 0.5) is 0 Å². The Bertz CT molecular complexity index is 582. The highest BCUT2D eigenvalue weighted by Crippen LogP contribution is 2.23. The highest BCUT2D eigenvalue weighted by atomic mass is 32.2. The predicted octanol–water partition coefficient (Wildman–Crippen LogP) is 0.520. The normalized spacial score (nSPS) is 23.0. The number of rotatable bonds is 6. The Balaban J connectivity index is 1.87. The number of amides is 1. The molecule has 0 aromatic heterocycles. The van der Waals surface area contributed by atoms with Crippen LogP contribution in [0.25, 0.3) is 0 Å². The van der Waals surface area contributed by atoms with Crippen molar-refractivity contribution in [3.63, 3.8) is 0 Å². The number of aliphatic imine (C=N–C) groups is 1. The summed E-state index contributed by atoms with van der Waals surface area (Å²) in [5.74, 6) is 0.986. The fourth-order valence-corrected chi connectivity index (χ4v) is 4.07. The zero-order valence-electron chi connectivity index (χ0n) is 15.0. The number of sulfone groups is 1. The van der Waals surface area contributed by atoms with Crippen LogP contribution in [0.1, 0.15) is 46.5 Å². The molecule has 1 amide bonds. The van der Waals surface area contributed by atoms with Crippen molar-refractivity contribution >= 4 is 21.7 Å². The van der Waals surface area contributed by atoms with Crippen LogP contribution in [0.15, 0.2) is 4.99 Å². The van der Waals surface area contributed by atoms with E-state index >= 15 is 0 Å². The third-order valence-corrected chi connectivity index (χ3v) is 6.98. The van der Waals surface area contributed by atoms with Gasteiger partial charge in [-0.15, -0.1) is 0 Å². The van der Waals surface area contributed by atoms with Crippen molar-refractivity contribution in [2.45, 2.75) is 57.2 Å². The molecule has 2 fully saturated rings. The van der Waals surface area contributed by atoms with Gasteiger partial charge in [-0.05, 0) is 40.0 Å². The first kappa shape index (κ1) is 19.0. The van der Waals surface area contributed by atoms with E-state index in [0.29, 0.717) is 38.5 Å². The van der Waals surface area contributed by atoms with Crippen molar-refractivity contribution < 1.29 is 13.2 Å². The summed E-state index contributed by atoms with van der Waals surface area (Å²) in [4.78, 5) is 18.3. The van der Waals surface area contributed by atoms with Crippen LogP contribution in [0.5, 0.6) is 0 Å². The lowest BCUT2D eigenvalue weighted by atomic mass is 10.2. The predicted molar refractivity (Wildman–Crippen MR) is 95.8 cm³/mol. The molecule has 24 heavy (non-hydrogen) atoms. The summed E-state index contributed by atoms with van der Waals surface area (Å²) in [6.45, 7) is 7.70. The molecule has 0 atom stereocenters. The van der Waals surface area contributed by atoms with Crippen molar-refractivity contribution in [1.29, 1.82) is 0 Å². The van der Waals surface area contributed by atoms with E-state index in [9.17, 15) is 13.2 Å². The second kappa shape index (κ2) is 7.72. The van der Waals surface area contributed by atoms with Gasteiger partial charge in [-0.1, -0.05) is 0 Å². The fraction of sp³-hybridized carbons (Fsp3) is 0.875. The maximum absolute atomic E-state index is 12.1. The van der Waals surface area contributed by atoms with E-state index < -0.39 is 14.6 Å². The summed E-state index contributed by atoms with van der Waals surface area (Å²) in [5, 5.41) is 6.20. The van der Waals surface area contributed by atoms with Gasteiger partial charge in [0.1, 0.15) is 0 Å². The van der Waals surface area contributed by atoms with Crippen LogP contribution in [0.3, 0.4) is 0 Å². The lowest BCUT2D eigenvalue weighted by Gasteiger charge is -2.39. The molecule has 0 aromatic rings. The molecule has 1 aliphatic heterocycles. The van der Waals surface area contributed by atoms with Gasteiger partial charge in [0.15, 0.2) is 15.8 Å². The second-order valence-corrected chi connectivity index (χ2v) is 9.92. The van der Waals surface area contributed by atoms with Crippen LogP contribution < -0.4 is 10.6 Å². The molecule has 0 aromatic carbocycles. The van der Waals surface area contributed by atoms with Crippen LogP contribution >= 0.6 is 0 Å². The van der Waals surface area contributed by atoms with E-state index in [0.717, 1.165) is 25.3 Å². The third kappa shape index (κ3) is 5.09. The number of carbonyl (C=O) groups excluding carboxylic acids is 1. The van der Waals surface area contributed by atoms with E-state index in [1.165, 1.54) is 0 Å². The molecule has 1 saturated carbocycles. The fourth-order valence-electron chi connectivity index (χ4n) is 2.70. The number of hydrogen-bond donors (Lipinski definition) is 2. The van der Waals surface area contributed by atoms with Crippen molar-refractivity contribution in [1.82, 2.24) is 15.5 Å². The first-order valence-electron chi connectivity index (χ1n) is 8.80. The van der Waals surface area contributed by atoms with Crippen LogP contribution in [0, 0.1) is 0 Å². The van der Waals surface area contributed by atoms with Crippen LogP contribution in [-0.4, -0.2) is 67.9 Å². The summed E-state index contributed by atoms with van der Waals surface area (Å²) >= 11 is 0. The zero-order chi connectivity index (χ0) is 17.8. The Kier molecular flexibility index (Phi) is 6.11. The number of guanidine groups is 1. The minimum atomic E-state index is -3.06. The van der Waals surface area contributed by atoms with E-state index in [4.69, 9.17) is 0 Å². The average molecular weight is 359 g/mol. The maximum atomic E-state index is 12.1. The third-order valence-electron chi connectivity index (χ3n) is 4.44. The average Bonchev–Trinajstić information content (AvgIpc) is 3.29. The quantitative estimate of drug-likeness (QED) is 0.410. The van der Waals surface area contributed by atoms with Gasteiger partial charge in [-0.2, -0.15) is 0 Å². The molecule has 2 rings (SSSR count). The number of nitrogens with zero attached hydrogens (tertiary/aromatic N) is 2. The molecule has 7 nitrogen and oxygen atoms in total. The molecular weight excluding hydrogens is 328 g/mol. The van der Waals surface area contributed by atoms with Crippen LogP contribution in [0.2, 0.25) is 0 Å². The largest absolute Gasteiger partial charge is 0.357 e. The summed E-state index contributed by atoms with van der Waals surface area (Å²) < 4.78 is 23.5. The summed E-state index contributed by atoms with van der Waals surface area (Å²) in [5.41, 5.74) is 0. The first-order chi connectivity index (χ1) is 11.2. The lowest BCUT2D eigenvalue weighted by molar-refractivity contribution is -0.121. The molecule has 8 heteroatoms. The van der Waals surface area contributed by atoms with Crippen molar-refractivity contribution in [3.8, 4) is 0 Å². The Morgan fingerprint density at radius 2 is 2.04 bits per heavy atom. The molecule has 2 N–H and O–H groups in total. The van der Waals surface area contributed by atoms with Gasteiger partial charge in [0, 0.05) is 38.6 Å². The highest BCUT2D eigenvalue weighted by Gasteiger charge is 2.40. The Hall–Kier alpha value is -1.31. The maximum Gasteiger partial charge on any atom is 0.220 e. The van der Waals surface area contributed by atoms with Gasteiger partial charge in [0.2, 0.25) is 5.91 Å². The van der Waals surface area contributed by atoms with Gasteiger partial charge < -0.3 is 15.5 Å². The smallest absolute Gasteiger partial charge is 0.220 e. The minimum absolute atomic E-state index is 0.0999. The van der Waals surface area contributed by atoms with Gasteiger partial charge in [-0.25, -0.2) is 8.42 Å². The molecule has 0 spiro atoms. The van der Waals surface area contributed by atoms with E-state index in [1.807, 2.05) is 11.8 Å². The summed E-state index contributed by atoms with van der Waals surface area (Å²) in [7, 11) is -3.06. The molecule has 138 valence electrons. The van der Waals surface area contributed by atoms with E-state index in [2.05, 4.69) is 15.6 Å². The van der Waals surface area contributed by atoms with E-state index in [-0.39, 0.29) is 11.7 Å². The standard InChI is InChI=1S/C16H30N4O3S/c1-4-17-15(18-9-5-6-14(21)19-13-7-8-13)20-10-11-24(22,23)16(2,3)12-20/h13H,4-12H2,1-3H3,(H,17,18)(H,19,21). The zero-order valence-corrected chi connectivity index (χ0v) is 15.8. The summed E-state index contributed by atoms with van der Waals surface area (Å²) in [6, 6.07) is 0.399. The number of carbonyl (C=O) groups is 1. The minimum Gasteiger partial charge on any atom is -0.357 e. The van der Waals surface area contributed by atoms with Gasteiger partial charge in [0.05, 0.1) is 10.5 Å². The molecule has 0 radical (unpaired) electrons. The SMILES string of the molecule is CCNC(=NCCCC(=O)NC1CC1)N1CCS(=O)(=O)C(C)(C)C1. The molecule has 2 aliphatic rings. The van der Waals surface area contributed by atoms with Crippen molar-refractivity contribution in [3.05, 3.63) is 0 Å².